The number of benzene rings is 2. The summed E-state index contributed by atoms with van der Waals surface area (Å²) in [4.78, 5) is 28.2. The van der Waals surface area contributed by atoms with Crippen molar-refractivity contribution in [1.29, 1.82) is 0 Å². The van der Waals surface area contributed by atoms with E-state index in [4.69, 9.17) is 14.5 Å². The number of nitrogens with one attached hydrogen (secondary N) is 1. The highest BCUT2D eigenvalue weighted by Gasteiger charge is 2.37. The first-order valence-electron chi connectivity index (χ1n) is 13.7. The van der Waals surface area contributed by atoms with Gasteiger partial charge in [-0.25, -0.2) is 19.6 Å². The van der Waals surface area contributed by atoms with Crippen molar-refractivity contribution < 1.29 is 14.3 Å². The zero-order chi connectivity index (χ0) is 28.8. The molecule has 1 amide bonds. The quantitative estimate of drug-likeness (QED) is 0.294. The molecule has 5 heterocycles. The summed E-state index contributed by atoms with van der Waals surface area (Å²) in [6, 6.07) is 15.3. The molecule has 2 aromatic carbocycles. The molecule has 0 spiro atoms. The van der Waals surface area contributed by atoms with Gasteiger partial charge in [0.05, 0.1) is 42.0 Å². The number of ether oxygens (including phenoxy) is 2. The lowest BCUT2D eigenvalue weighted by Gasteiger charge is -2.44. The predicted molar refractivity (Wildman–Crippen MR) is 158 cm³/mol. The second kappa shape index (κ2) is 10.3. The van der Waals surface area contributed by atoms with Gasteiger partial charge in [0.15, 0.2) is 5.82 Å². The van der Waals surface area contributed by atoms with Crippen LogP contribution < -0.4 is 10.1 Å². The average Bonchev–Trinajstić information content (AvgIpc) is 3.37. The second-order valence-corrected chi connectivity index (χ2v) is 10.5. The minimum atomic E-state index is -0.147. The molecule has 210 valence electrons. The summed E-state index contributed by atoms with van der Waals surface area (Å²) >= 11 is 0. The van der Waals surface area contributed by atoms with Gasteiger partial charge >= 0.3 is 0 Å². The standard InChI is InChI=1S/C31H28N8O3/c1-4-29(40)39-21-12-19(13-22(39)16-41-15-21)24-7-8-25-30(35-24)31(33-17-32-25)34-20-5-10-28(18(2)11-20)42-23-6-9-27-26(14-23)36-37-38(27)3/h4-12,14,17,21-22H,1,13,15-16H2,2-3H3,(H,32,33,34). The Balaban J connectivity index is 1.15. The van der Waals surface area contributed by atoms with E-state index in [0.29, 0.717) is 36.7 Å². The summed E-state index contributed by atoms with van der Waals surface area (Å²) in [6.45, 7) is 6.60. The fourth-order valence-corrected chi connectivity index (χ4v) is 5.63. The van der Waals surface area contributed by atoms with E-state index in [1.807, 2.05) is 67.4 Å². The smallest absolute Gasteiger partial charge is 0.246 e. The number of aryl methyl sites for hydroxylation is 2. The van der Waals surface area contributed by atoms with Crippen molar-refractivity contribution in [2.45, 2.75) is 25.4 Å². The molecule has 42 heavy (non-hydrogen) atoms. The lowest BCUT2D eigenvalue weighted by atomic mass is 9.91. The Kier molecular flexibility index (Phi) is 6.35. The van der Waals surface area contributed by atoms with Crippen LogP contribution in [-0.4, -0.2) is 66.1 Å². The third-order valence-electron chi connectivity index (χ3n) is 7.69. The van der Waals surface area contributed by atoms with Crippen molar-refractivity contribution >= 4 is 45.1 Å². The highest BCUT2D eigenvalue weighted by molar-refractivity contribution is 5.90. The van der Waals surface area contributed by atoms with Crippen LogP contribution in [0.1, 0.15) is 17.7 Å². The van der Waals surface area contributed by atoms with Gasteiger partial charge in [0.25, 0.3) is 0 Å². The van der Waals surface area contributed by atoms with E-state index in [2.05, 4.69) is 38.3 Å². The van der Waals surface area contributed by atoms with Crippen molar-refractivity contribution in [2.75, 3.05) is 18.5 Å². The molecule has 1 N–H and O–H groups in total. The number of rotatable bonds is 6. The number of morpholine rings is 1. The van der Waals surface area contributed by atoms with E-state index in [0.717, 1.165) is 44.8 Å². The monoisotopic (exact) mass is 560 g/mol. The maximum Gasteiger partial charge on any atom is 0.246 e. The minimum absolute atomic E-state index is 0.0531. The van der Waals surface area contributed by atoms with Crippen molar-refractivity contribution in [1.82, 2.24) is 34.8 Å². The average molecular weight is 561 g/mol. The van der Waals surface area contributed by atoms with E-state index in [9.17, 15) is 4.79 Å². The Morgan fingerprint density at radius 2 is 2.02 bits per heavy atom. The normalized spacial score (nSPS) is 18.1. The van der Waals surface area contributed by atoms with Crippen molar-refractivity contribution in [3.63, 3.8) is 0 Å². The van der Waals surface area contributed by atoms with Crippen molar-refractivity contribution in [3.05, 3.63) is 84.8 Å². The topological polar surface area (TPSA) is 120 Å². The molecule has 11 heteroatoms. The van der Waals surface area contributed by atoms with Gasteiger partial charge in [-0.15, -0.1) is 5.10 Å². The molecule has 0 aliphatic carbocycles. The third-order valence-corrected chi connectivity index (χ3v) is 7.69. The Bertz CT molecular complexity index is 1900. The maximum absolute atomic E-state index is 12.5. The van der Waals surface area contributed by atoms with E-state index in [-0.39, 0.29) is 18.0 Å². The zero-order valence-electron chi connectivity index (χ0n) is 23.2. The molecule has 0 saturated carbocycles. The lowest BCUT2D eigenvalue weighted by molar-refractivity contribution is -0.138. The molecule has 2 aliphatic heterocycles. The van der Waals surface area contributed by atoms with Gasteiger partial charge < -0.3 is 19.7 Å². The van der Waals surface area contributed by atoms with Gasteiger partial charge in [0.1, 0.15) is 28.9 Å². The van der Waals surface area contributed by atoms with Gasteiger partial charge in [-0.2, -0.15) is 0 Å². The number of nitrogens with zero attached hydrogens (tertiary/aromatic N) is 7. The molecule has 1 saturated heterocycles. The van der Waals surface area contributed by atoms with E-state index >= 15 is 0 Å². The van der Waals surface area contributed by atoms with Crippen LogP contribution >= 0.6 is 0 Å². The van der Waals surface area contributed by atoms with Crippen LogP contribution in [0, 0.1) is 6.92 Å². The molecule has 1 fully saturated rings. The second-order valence-electron chi connectivity index (χ2n) is 10.5. The minimum Gasteiger partial charge on any atom is -0.457 e. The number of aromatic nitrogens is 6. The van der Waals surface area contributed by atoms with Crippen LogP contribution in [0.5, 0.6) is 11.5 Å². The van der Waals surface area contributed by atoms with Crippen LogP contribution in [0.25, 0.3) is 27.6 Å². The molecule has 2 unspecified atom stereocenters. The Morgan fingerprint density at radius 1 is 1.12 bits per heavy atom. The first-order chi connectivity index (χ1) is 20.5. The fourth-order valence-electron chi connectivity index (χ4n) is 5.63. The summed E-state index contributed by atoms with van der Waals surface area (Å²) in [5.41, 5.74) is 6.82. The molecule has 11 nitrogen and oxygen atoms in total. The van der Waals surface area contributed by atoms with E-state index in [1.165, 1.54) is 12.4 Å². The van der Waals surface area contributed by atoms with Gasteiger partial charge in [-0.05, 0) is 73.0 Å². The molecule has 3 aromatic heterocycles. The summed E-state index contributed by atoms with van der Waals surface area (Å²) in [6.07, 6.45) is 5.62. The van der Waals surface area contributed by atoms with Crippen LogP contribution in [0.3, 0.4) is 0 Å². The summed E-state index contributed by atoms with van der Waals surface area (Å²) < 4.78 is 13.6. The third kappa shape index (κ3) is 4.63. The number of hydrogen-bond acceptors (Lipinski definition) is 9. The molecule has 2 bridgehead atoms. The first kappa shape index (κ1) is 25.8. The SMILES string of the molecule is C=CC(=O)N1C2C=C(c3ccc4ncnc(Nc5ccc(Oc6ccc7c(c6)nnn7C)c(C)c5)c4n3)CC1COC2. The number of hydrogen-bond donors (Lipinski definition) is 1. The molecular formula is C31H28N8O3. The summed E-state index contributed by atoms with van der Waals surface area (Å²) in [7, 11) is 1.86. The number of carbonyl (C=O) groups excluding carboxylic acids is 1. The number of anilines is 2. The van der Waals surface area contributed by atoms with Crippen molar-refractivity contribution in [2.24, 2.45) is 7.05 Å². The number of fused-ring (bicyclic) bond motifs is 4. The highest BCUT2D eigenvalue weighted by Crippen LogP contribution is 2.34. The Morgan fingerprint density at radius 3 is 2.86 bits per heavy atom. The van der Waals surface area contributed by atoms with Crippen LogP contribution in [0.15, 0.2) is 73.6 Å². The van der Waals surface area contributed by atoms with Crippen LogP contribution in [0.2, 0.25) is 0 Å². The molecular weight excluding hydrogens is 532 g/mol. The fraction of sp³-hybridized carbons (Fsp3) is 0.226. The van der Waals surface area contributed by atoms with E-state index < -0.39 is 0 Å². The number of carbonyl (C=O) groups is 1. The number of pyridine rings is 1. The molecule has 0 radical (unpaired) electrons. The number of amides is 1. The van der Waals surface area contributed by atoms with Gasteiger partial charge in [-0.3, -0.25) is 4.79 Å². The zero-order valence-corrected chi connectivity index (χ0v) is 23.2. The van der Waals surface area contributed by atoms with Crippen LogP contribution in [0.4, 0.5) is 11.5 Å². The largest absolute Gasteiger partial charge is 0.457 e. The Hall–Kier alpha value is -5.16. The van der Waals surface area contributed by atoms with Gasteiger partial charge in [-0.1, -0.05) is 17.9 Å². The lowest BCUT2D eigenvalue weighted by Crippen LogP contribution is -2.55. The van der Waals surface area contributed by atoms with E-state index in [1.54, 1.807) is 4.68 Å². The summed E-state index contributed by atoms with van der Waals surface area (Å²) in [5, 5.41) is 11.6. The summed E-state index contributed by atoms with van der Waals surface area (Å²) in [5.74, 6) is 1.95. The predicted octanol–water partition coefficient (Wildman–Crippen LogP) is 4.72. The Labute approximate surface area is 241 Å². The van der Waals surface area contributed by atoms with Crippen LogP contribution in [-0.2, 0) is 16.6 Å². The first-order valence-corrected chi connectivity index (χ1v) is 13.7. The maximum atomic E-state index is 12.5. The van der Waals surface area contributed by atoms with Gasteiger partial charge in [0.2, 0.25) is 5.91 Å². The van der Waals surface area contributed by atoms with Crippen molar-refractivity contribution in [3.8, 4) is 11.5 Å². The highest BCUT2D eigenvalue weighted by atomic mass is 16.5. The molecule has 5 aromatic rings. The molecule has 7 rings (SSSR count). The van der Waals surface area contributed by atoms with Gasteiger partial charge in [0, 0.05) is 18.8 Å². The molecule has 2 aliphatic rings. The molecule has 2 atom stereocenters.